The highest BCUT2D eigenvalue weighted by atomic mass is 16.6. The maximum absolute atomic E-state index is 5.83. The zero-order valence-corrected chi connectivity index (χ0v) is 37.1. The second-order valence-electron chi connectivity index (χ2n) is 14.0. The summed E-state index contributed by atoms with van der Waals surface area (Å²) < 4.78 is 72.0. The normalized spacial score (nSPS) is 11.5. The van der Waals surface area contributed by atoms with E-state index < -0.39 is 0 Å². The number of benzene rings is 1. The predicted octanol–water partition coefficient (Wildman–Crippen LogP) is 6.94. The second-order valence-corrected chi connectivity index (χ2v) is 14.0. The van der Waals surface area contributed by atoms with Crippen LogP contribution in [0, 0.1) is 0 Å². The van der Waals surface area contributed by atoms with E-state index in [2.05, 4.69) is 6.92 Å². The fourth-order valence-electron chi connectivity index (χ4n) is 5.57. The van der Waals surface area contributed by atoms with E-state index in [9.17, 15) is 0 Å². The largest absolute Gasteiger partial charge is 0.489 e. The minimum atomic E-state index is 0.438. The molecule has 0 radical (unpaired) electrons. The number of rotatable bonds is 51. The van der Waals surface area contributed by atoms with E-state index in [4.69, 9.17) is 67.3 Å². The average molecular weight is 848 g/mol. The second kappa shape index (κ2) is 49.0. The van der Waals surface area contributed by atoms with Gasteiger partial charge in [-0.05, 0) is 18.6 Å². The SMILES string of the molecule is CCCCCCCCCCCCCCCOCCOCCOCCOCCOCCOCCOCCOCCOCCOCCOCCOCCOc1ccccc1N. The van der Waals surface area contributed by atoms with E-state index in [1.54, 1.807) is 6.07 Å². The molecule has 14 nitrogen and oxygen atoms in total. The zero-order valence-electron chi connectivity index (χ0n) is 37.1. The quantitative estimate of drug-likeness (QED) is 0.0534. The first kappa shape index (κ1) is 55.4. The Labute approximate surface area is 357 Å². The molecule has 0 saturated heterocycles. The summed E-state index contributed by atoms with van der Waals surface area (Å²) in [6, 6.07) is 7.39. The van der Waals surface area contributed by atoms with Gasteiger partial charge in [-0.2, -0.15) is 0 Å². The van der Waals surface area contributed by atoms with Gasteiger partial charge in [0.15, 0.2) is 0 Å². The van der Waals surface area contributed by atoms with Crippen LogP contribution in [0.4, 0.5) is 5.69 Å². The third-order valence-electron chi connectivity index (χ3n) is 8.89. The van der Waals surface area contributed by atoms with Crippen molar-refractivity contribution in [2.24, 2.45) is 0 Å². The van der Waals surface area contributed by atoms with Crippen molar-refractivity contribution in [3.05, 3.63) is 24.3 Å². The van der Waals surface area contributed by atoms with Crippen LogP contribution in [-0.2, 0) is 56.8 Å². The topological polar surface area (TPSA) is 146 Å². The van der Waals surface area contributed by atoms with Crippen LogP contribution in [0.2, 0.25) is 0 Å². The van der Waals surface area contributed by atoms with E-state index >= 15 is 0 Å². The molecule has 0 bridgehead atoms. The highest BCUT2D eigenvalue weighted by Gasteiger charge is 2.00. The highest BCUT2D eigenvalue weighted by Crippen LogP contribution is 2.19. The Bertz CT molecular complexity index is 936. The summed E-state index contributed by atoms with van der Waals surface area (Å²) in [4.78, 5) is 0. The Hall–Kier alpha value is -1.66. The van der Waals surface area contributed by atoms with Gasteiger partial charge in [0.05, 0.1) is 158 Å². The van der Waals surface area contributed by atoms with Gasteiger partial charge in [-0.1, -0.05) is 96.1 Å². The molecule has 0 aromatic heterocycles. The predicted molar refractivity (Wildman–Crippen MR) is 232 cm³/mol. The lowest BCUT2D eigenvalue weighted by molar-refractivity contribution is -0.0285. The van der Waals surface area contributed by atoms with Gasteiger partial charge in [0.1, 0.15) is 12.4 Å². The van der Waals surface area contributed by atoms with Gasteiger partial charge in [-0.15, -0.1) is 0 Å². The fourth-order valence-corrected chi connectivity index (χ4v) is 5.57. The van der Waals surface area contributed by atoms with Crippen LogP contribution in [0.3, 0.4) is 0 Å². The third kappa shape index (κ3) is 44.2. The van der Waals surface area contributed by atoms with Crippen molar-refractivity contribution in [1.29, 1.82) is 0 Å². The Balaban J connectivity index is 1.60. The van der Waals surface area contributed by atoms with Gasteiger partial charge in [0.2, 0.25) is 0 Å². The molecule has 0 aliphatic rings. The van der Waals surface area contributed by atoms with Crippen LogP contribution in [0.5, 0.6) is 5.75 Å². The summed E-state index contributed by atoms with van der Waals surface area (Å²) >= 11 is 0. The number of ether oxygens (including phenoxy) is 13. The summed E-state index contributed by atoms with van der Waals surface area (Å²) in [6.07, 6.45) is 17.8. The first-order valence-corrected chi connectivity index (χ1v) is 22.7. The molecule has 0 aliphatic carbocycles. The molecule has 0 heterocycles. The molecule has 59 heavy (non-hydrogen) atoms. The van der Waals surface area contributed by atoms with Crippen LogP contribution in [-0.4, -0.2) is 165 Å². The summed E-state index contributed by atoms with van der Waals surface area (Å²) in [5.41, 5.74) is 6.45. The smallest absolute Gasteiger partial charge is 0.142 e. The van der Waals surface area contributed by atoms with Gasteiger partial charge < -0.3 is 67.3 Å². The maximum Gasteiger partial charge on any atom is 0.142 e. The Kier molecular flexibility index (Phi) is 46.0. The molecule has 0 aliphatic heterocycles. The first-order chi connectivity index (χ1) is 29.3. The maximum atomic E-state index is 5.83. The van der Waals surface area contributed by atoms with Crippen molar-refractivity contribution in [1.82, 2.24) is 0 Å². The molecule has 1 rings (SSSR count). The number of hydrogen-bond donors (Lipinski definition) is 1. The molecule has 0 fully saturated rings. The lowest BCUT2D eigenvalue weighted by atomic mass is 10.0. The molecule has 14 heteroatoms. The summed E-state index contributed by atoms with van der Waals surface area (Å²) in [5.74, 6) is 0.669. The van der Waals surface area contributed by atoms with E-state index in [1.165, 1.54) is 77.0 Å². The van der Waals surface area contributed by atoms with Crippen molar-refractivity contribution >= 4 is 5.69 Å². The number of unbranched alkanes of at least 4 members (excludes halogenated alkanes) is 12. The number of para-hydroxylation sites is 2. The van der Waals surface area contributed by atoms with E-state index in [0.29, 0.717) is 170 Å². The molecular formula is C45H85NO13. The highest BCUT2D eigenvalue weighted by molar-refractivity contribution is 5.51. The lowest BCUT2D eigenvalue weighted by Gasteiger charge is -2.10. The number of anilines is 1. The fraction of sp³-hybridized carbons (Fsp3) is 0.867. The van der Waals surface area contributed by atoms with Crippen LogP contribution in [0.1, 0.15) is 90.4 Å². The molecule has 1 aromatic carbocycles. The average Bonchev–Trinajstić information content (AvgIpc) is 3.25. The van der Waals surface area contributed by atoms with Crippen LogP contribution in [0.25, 0.3) is 0 Å². The zero-order chi connectivity index (χ0) is 42.0. The molecule has 0 saturated carbocycles. The summed E-state index contributed by atoms with van der Waals surface area (Å²) in [7, 11) is 0. The van der Waals surface area contributed by atoms with Crippen molar-refractivity contribution in [2.75, 3.05) is 171 Å². The minimum absolute atomic E-state index is 0.438. The molecule has 0 spiro atoms. The van der Waals surface area contributed by atoms with Crippen LogP contribution < -0.4 is 10.5 Å². The minimum Gasteiger partial charge on any atom is -0.489 e. The summed E-state index contributed by atoms with van der Waals surface area (Å²) in [5, 5.41) is 0. The van der Waals surface area contributed by atoms with Crippen molar-refractivity contribution in [3.63, 3.8) is 0 Å². The molecule has 0 amide bonds. The van der Waals surface area contributed by atoms with Crippen LogP contribution >= 0.6 is 0 Å². The van der Waals surface area contributed by atoms with Gasteiger partial charge >= 0.3 is 0 Å². The monoisotopic (exact) mass is 848 g/mol. The Morgan fingerprint density at radius 3 is 0.814 bits per heavy atom. The first-order valence-electron chi connectivity index (χ1n) is 22.7. The molecule has 0 unspecified atom stereocenters. The molecule has 348 valence electrons. The molecule has 2 N–H and O–H groups in total. The summed E-state index contributed by atoms with van der Waals surface area (Å²) in [6.45, 7) is 15.6. The molecule has 0 atom stereocenters. The van der Waals surface area contributed by atoms with E-state index in [0.717, 1.165) is 13.0 Å². The third-order valence-corrected chi connectivity index (χ3v) is 8.89. The van der Waals surface area contributed by atoms with Crippen molar-refractivity contribution < 1.29 is 61.6 Å². The van der Waals surface area contributed by atoms with Gasteiger partial charge in [-0.25, -0.2) is 0 Å². The van der Waals surface area contributed by atoms with Gasteiger partial charge in [0.25, 0.3) is 0 Å². The van der Waals surface area contributed by atoms with Gasteiger partial charge in [0, 0.05) is 6.61 Å². The van der Waals surface area contributed by atoms with Crippen LogP contribution in [0.15, 0.2) is 24.3 Å². The van der Waals surface area contributed by atoms with E-state index in [1.807, 2.05) is 18.2 Å². The van der Waals surface area contributed by atoms with Gasteiger partial charge in [-0.3, -0.25) is 0 Å². The number of hydrogen-bond acceptors (Lipinski definition) is 14. The van der Waals surface area contributed by atoms with Crippen molar-refractivity contribution in [2.45, 2.75) is 90.4 Å². The lowest BCUT2D eigenvalue weighted by Crippen LogP contribution is -2.15. The van der Waals surface area contributed by atoms with E-state index in [-0.39, 0.29) is 0 Å². The molecular weight excluding hydrogens is 762 g/mol. The number of nitrogens with two attached hydrogens (primary N) is 1. The standard InChI is InChI=1S/C45H85NO13/c1-2-3-4-5-6-7-8-9-10-11-12-13-16-19-47-20-21-48-22-23-49-24-25-50-26-27-51-28-29-52-30-31-53-32-33-54-34-35-55-36-37-56-38-39-57-40-41-58-42-43-59-45-18-15-14-17-44(45)46/h14-15,17-18H,2-13,16,19-43,46H2,1H3. The Morgan fingerprint density at radius 1 is 0.288 bits per heavy atom. The number of nitrogen functional groups attached to an aromatic ring is 1. The molecule has 1 aromatic rings. The Morgan fingerprint density at radius 2 is 0.525 bits per heavy atom. The van der Waals surface area contributed by atoms with Crippen molar-refractivity contribution in [3.8, 4) is 5.75 Å².